The molecule has 0 aliphatic carbocycles. The maximum Gasteiger partial charge on any atom is 0.307 e. The number of esters is 1. The van der Waals surface area contributed by atoms with E-state index in [1.165, 1.54) is 7.11 Å². The Morgan fingerprint density at radius 2 is 1.87 bits per heavy atom. The summed E-state index contributed by atoms with van der Waals surface area (Å²) in [6, 6.07) is 15.8. The van der Waals surface area contributed by atoms with Gasteiger partial charge in [0.2, 0.25) is 5.91 Å². The van der Waals surface area contributed by atoms with Crippen LogP contribution in [0.25, 0.3) is 0 Å². The first-order valence-electron chi connectivity index (χ1n) is 9.62. The molecule has 2 aliphatic rings. The number of nitrogens with zero attached hydrogens (tertiary/aromatic N) is 1. The molecule has 2 heterocycles. The molecule has 2 aromatic rings. The Labute approximate surface area is 177 Å². The summed E-state index contributed by atoms with van der Waals surface area (Å²) in [6.07, 6.45) is -0.581. The lowest BCUT2D eigenvalue weighted by Crippen LogP contribution is -2.46. The molecule has 4 atom stereocenters. The second-order valence-electron chi connectivity index (χ2n) is 7.36. The second-order valence-corrected chi connectivity index (χ2v) is 9.15. The van der Waals surface area contributed by atoms with Crippen molar-refractivity contribution in [3.8, 4) is 5.75 Å². The smallest absolute Gasteiger partial charge is 0.307 e. The summed E-state index contributed by atoms with van der Waals surface area (Å²) in [4.78, 5) is 28.1. The number of carbonyl (C=O) groups excluding carboxylic acids is 2. The molecule has 0 aromatic heterocycles. The summed E-state index contributed by atoms with van der Waals surface area (Å²) in [7, 11) is 1.13. The van der Waals surface area contributed by atoms with E-state index in [-0.39, 0.29) is 24.8 Å². The van der Waals surface area contributed by atoms with Gasteiger partial charge in [0.1, 0.15) is 10.5 Å². The van der Waals surface area contributed by atoms with Gasteiger partial charge in [-0.2, -0.15) is 0 Å². The Bertz CT molecular complexity index is 963. The average molecular weight is 429 g/mol. The van der Waals surface area contributed by atoms with Gasteiger partial charge in [0, 0.05) is 10.5 Å². The van der Waals surface area contributed by atoms with Crippen LogP contribution in [-0.4, -0.2) is 52.6 Å². The predicted octanol–water partition coefficient (Wildman–Crippen LogP) is 2.43. The van der Waals surface area contributed by atoms with E-state index in [4.69, 9.17) is 14.2 Å². The first-order valence-corrected chi connectivity index (χ1v) is 10.8. The van der Waals surface area contributed by atoms with Crippen LogP contribution < -0.4 is 4.74 Å². The molecule has 0 spiro atoms. The fourth-order valence-electron chi connectivity index (χ4n) is 4.16. The number of carbonyl (C=O) groups is 2. The molecule has 0 radical (unpaired) electrons. The minimum Gasteiger partial charge on any atom is -0.497 e. The van der Waals surface area contributed by atoms with E-state index in [9.17, 15) is 13.8 Å². The standard InChI is InChI=1S/C22H23NO6S/c1-27-17-10-8-15(9-11-17)20-23-16(14-29-20)12-22(21(23)25,13-19(24)28-2)30(26)18-6-4-3-5-7-18/h3-11,16,20H,12-14H2,1-2H3/t16-,20+,22-,30?/m0/s1. The molecule has 4 rings (SSSR count). The number of hydrogen-bond donors (Lipinski definition) is 0. The third-order valence-corrected chi connectivity index (χ3v) is 7.55. The van der Waals surface area contributed by atoms with E-state index in [2.05, 4.69) is 0 Å². The SMILES string of the molecule is COC(=O)C[C@@]1(S(=O)c2ccccc2)C[C@H]2CO[C@H](c3ccc(OC)cc3)N2C1=O. The minimum absolute atomic E-state index is 0.244. The fourth-order valence-corrected chi connectivity index (χ4v) is 5.87. The quantitative estimate of drug-likeness (QED) is 0.656. The highest BCUT2D eigenvalue weighted by Gasteiger charge is 2.61. The number of rotatable bonds is 6. The van der Waals surface area contributed by atoms with Crippen LogP contribution in [0.1, 0.15) is 24.6 Å². The molecule has 1 unspecified atom stereocenters. The molecule has 30 heavy (non-hydrogen) atoms. The van der Waals surface area contributed by atoms with Crippen molar-refractivity contribution in [2.75, 3.05) is 20.8 Å². The third kappa shape index (κ3) is 3.40. The van der Waals surface area contributed by atoms with Gasteiger partial charge in [0.15, 0.2) is 6.23 Å². The highest BCUT2D eigenvalue weighted by atomic mass is 32.2. The third-order valence-electron chi connectivity index (χ3n) is 5.65. The zero-order chi connectivity index (χ0) is 21.3. The van der Waals surface area contributed by atoms with Crippen LogP contribution in [0.5, 0.6) is 5.75 Å². The lowest BCUT2D eigenvalue weighted by atomic mass is 10.00. The van der Waals surface area contributed by atoms with Crippen molar-refractivity contribution in [1.82, 2.24) is 4.90 Å². The van der Waals surface area contributed by atoms with Crippen LogP contribution in [-0.2, 0) is 29.9 Å². The summed E-state index contributed by atoms with van der Waals surface area (Å²) < 4.78 is 28.2. The van der Waals surface area contributed by atoms with Gasteiger partial charge in [-0.15, -0.1) is 0 Å². The van der Waals surface area contributed by atoms with Crippen molar-refractivity contribution < 1.29 is 28.0 Å². The zero-order valence-corrected chi connectivity index (χ0v) is 17.6. The highest BCUT2D eigenvalue weighted by Crippen LogP contribution is 2.46. The van der Waals surface area contributed by atoms with E-state index in [1.54, 1.807) is 48.4 Å². The molecule has 2 saturated heterocycles. The Morgan fingerprint density at radius 1 is 1.17 bits per heavy atom. The van der Waals surface area contributed by atoms with Gasteiger partial charge >= 0.3 is 5.97 Å². The van der Waals surface area contributed by atoms with Gasteiger partial charge in [-0.05, 0) is 30.7 Å². The molecular weight excluding hydrogens is 406 g/mol. The normalized spacial score (nSPS) is 26.3. The van der Waals surface area contributed by atoms with E-state index in [1.807, 2.05) is 18.2 Å². The van der Waals surface area contributed by atoms with E-state index < -0.39 is 27.7 Å². The molecule has 7 nitrogen and oxygen atoms in total. The number of methoxy groups -OCH3 is 2. The highest BCUT2D eigenvalue weighted by molar-refractivity contribution is 7.87. The summed E-state index contributed by atoms with van der Waals surface area (Å²) in [6.45, 7) is 0.317. The van der Waals surface area contributed by atoms with Crippen molar-refractivity contribution in [3.63, 3.8) is 0 Å². The van der Waals surface area contributed by atoms with Crippen molar-refractivity contribution in [2.45, 2.75) is 34.8 Å². The number of hydrogen-bond acceptors (Lipinski definition) is 6. The molecule has 2 fully saturated rings. The molecule has 0 N–H and O–H groups in total. The number of ether oxygens (including phenoxy) is 3. The van der Waals surface area contributed by atoms with E-state index >= 15 is 0 Å². The minimum atomic E-state index is -1.72. The van der Waals surface area contributed by atoms with Crippen LogP contribution in [0.4, 0.5) is 0 Å². The molecule has 8 heteroatoms. The maximum atomic E-state index is 13.7. The summed E-state index contributed by atoms with van der Waals surface area (Å²) in [5.41, 5.74) is 0.797. The van der Waals surface area contributed by atoms with Crippen LogP contribution in [0, 0.1) is 0 Å². The fraction of sp³-hybridized carbons (Fsp3) is 0.364. The van der Waals surface area contributed by atoms with Crippen molar-refractivity contribution >= 4 is 22.7 Å². The Balaban J connectivity index is 1.70. The van der Waals surface area contributed by atoms with Crippen LogP contribution in [0.2, 0.25) is 0 Å². The molecule has 1 amide bonds. The van der Waals surface area contributed by atoms with Gasteiger partial charge in [-0.25, -0.2) is 0 Å². The molecule has 2 aromatic carbocycles. The Hall–Kier alpha value is -2.71. The number of benzene rings is 2. The Kier molecular flexibility index (Phi) is 5.62. The maximum absolute atomic E-state index is 13.7. The summed E-state index contributed by atoms with van der Waals surface area (Å²) in [5.74, 6) is -0.208. The monoisotopic (exact) mass is 429 g/mol. The first-order chi connectivity index (χ1) is 14.5. The van der Waals surface area contributed by atoms with Crippen LogP contribution in [0.3, 0.4) is 0 Å². The molecule has 2 aliphatic heterocycles. The Morgan fingerprint density at radius 3 is 2.50 bits per heavy atom. The number of amides is 1. The van der Waals surface area contributed by atoms with E-state index in [0.717, 1.165) is 5.56 Å². The van der Waals surface area contributed by atoms with E-state index in [0.29, 0.717) is 17.3 Å². The molecule has 0 bridgehead atoms. The lowest BCUT2D eigenvalue weighted by molar-refractivity contribution is -0.145. The lowest BCUT2D eigenvalue weighted by Gasteiger charge is -2.28. The number of fused-ring (bicyclic) bond motifs is 1. The van der Waals surface area contributed by atoms with Crippen molar-refractivity contribution in [2.24, 2.45) is 0 Å². The van der Waals surface area contributed by atoms with Crippen molar-refractivity contribution in [1.29, 1.82) is 0 Å². The summed E-state index contributed by atoms with van der Waals surface area (Å²) in [5, 5.41) is 0. The zero-order valence-electron chi connectivity index (χ0n) is 16.8. The van der Waals surface area contributed by atoms with Gasteiger partial charge in [0.25, 0.3) is 0 Å². The second kappa shape index (κ2) is 8.20. The van der Waals surface area contributed by atoms with Gasteiger partial charge in [-0.1, -0.05) is 30.3 Å². The van der Waals surface area contributed by atoms with Gasteiger partial charge < -0.3 is 19.1 Å². The van der Waals surface area contributed by atoms with Crippen molar-refractivity contribution in [3.05, 3.63) is 60.2 Å². The molecule has 158 valence electrons. The largest absolute Gasteiger partial charge is 0.497 e. The molecular formula is C22H23NO6S. The van der Waals surface area contributed by atoms with Gasteiger partial charge in [-0.3, -0.25) is 13.8 Å². The van der Waals surface area contributed by atoms with Crippen LogP contribution in [0.15, 0.2) is 59.5 Å². The van der Waals surface area contributed by atoms with Crippen LogP contribution >= 0.6 is 0 Å². The predicted molar refractivity (Wildman–Crippen MR) is 109 cm³/mol. The summed E-state index contributed by atoms with van der Waals surface area (Å²) >= 11 is 0. The molecule has 0 saturated carbocycles. The average Bonchev–Trinajstić information content (AvgIpc) is 3.32. The topological polar surface area (TPSA) is 82.1 Å². The van der Waals surface area contributed by atoms with Gasteiger partial charge in [0.05, 0.1) is 44.1 Å². The first kappa shape index (κ1) is 20.6.